The summed E-state index contributed by atoms with van der Waals surface area (Å²) in [6, 6.07) is 2.22. The fourth-order valence-electron chi connectivity index (χ4n) is 4.34. The van der Waals surface area contributed by atoms with E-state index in [1.165, 1.54) is 12.8 Å². The Morgan fingerprint density at radius 1 is 1.21 bits per heavy atom. The first-order chi connectivity index (χ1) is 11.8. The molecule has 1 aliphatic carbocycles. The van der Waals surface area contributed by atoms with Crippen LogP contribution in [0.1, 0.15) is 38.5 Å². The van der Waals surface area contributed by atoms with Crippen molar-refractivity contribution in [2.45, 2.75) is 50.7 Å². The Hall–Kier alpha value is -1.69. The molecule has 1 N–H and O–H groups in total. The molecule has 0 radical (unpaired) electrons. The minimum absolute atomic E-state index is 0.0107. The van der Waals surface area contributed by atoms with Gasteiger partial charge in [-0.2, -0.15) is 0 Å². The third-order valence-corrected chi connectivity index (χ3v) is 5.67. The fraction of sp³-hybridized carbons (Fsp3) is 0.722. The molecule has 1 aromatic rings. The van der Waals surface area contributed by atoms with Gasteiger partial charge < -0.3 is 15.0 Å². The first-order valence-electron chi connectivity index (χ1n) is 9.23. The maximum absolute atomic E-state index is 12.6. The van der Waals surface area contributed by atoms with Gasteiger partial charge in [-0.3, -0.25) is 4.79 Å². The van der Waals surface area contributed by atoms with Crippen LogP contribution in [0.4, 0.5) is 5.95 Å². The number of nitrogens with zero attached hydrogens (tertiary/aromatic N) is 3. The lowest BCUT2D eigenvalue weighted by atomic mass is 9.83. The van der Waals surface area contributed by atoms with Crippen molar-refractivity contribution in [1.82, 2.24) is 15.3 Å². The molecule has 1 saturated carbocycles. The highest BCUT2D eigenvalue weighted by Gasteiger charge is 2.39. The number of hydrogen-bond donors (Lipinski definition) is 1. The van der Waals surface area contributed by atoms with Crippen LogP contribution in [0, 0.1) is 11.8 Å². The number of aromatic nitrogens is 2. The number of rotatable bonds is 3. The van der Waals surface area contributed by atoms with Crippen molar-refractivity contribution in [3.8, 4) is 0 Å². The Bertz CT molecular complexity index is 561. The molecule has 3 heterocycles. The van der Waals surface area contributed by atoms with Crippen LogP contribution in [0.2, 0.25) is 0 Å². The Morgan fingerprint density at radius 2 is 2.00 bits per heavy atom. The average molecular weight is 330 g/mol. The summed E-state index contributed by atoms with van der Waals surface area (Å²) in [5.74, 6) is 1.35. The average Bonchev–Trinajstić information content (AvgIpc) is 3.14. The number of ether oxygens (including phenoxy) is 1. The monoisotopic (exact) mass is 330 g/mol. The van der Waals surface area contributed by atoms with Crippen molar-refractivity contribution in [3.63, 3.8) is 0 Å². The number of piperidine rings is 1. The topological polar surface area (TPSA) is 67.3 Å². The van der Waals surface area contributed by atoms with Crippen molar-refractivity contribution in [2.24, 2.45) is 11.8 Å². The predicted molar refractivity (Wildman–Crippen MR) is 90.6 cm³/mol. The van der Waals surface area contributed by atoms with Crippen molar-refractivity contribution in [1.29, 1.82) is 0 Å². The molecular formula is C18H26N4O2. The van der Waals surface area contributed by atoms with E-state index in [9.17, 15) is 4.79 Å². The smallest absolute Gasteiger partial charge is 0.225 e. The number of anilines is 1. The third-order valence-electron chi connectivity index (χ3n) is 5.67. The molecule has 1 aromatic heterocycles. The van der Waals surface area contributed by atoms with Crippen LogP contribution in [0.15, 0.2) is 18.5 Å². The van der Waals surface area contributed by atoms with Gasteiger partial charge >= 0.3 is 0 Å². The molecule has 0 aromatic carbocycles. The van der Waals surface area contributed by atoms with E-state index in [2.05, 4.69) is 20.2 Å². The standard InChI is InChI=1S/C18H26N4O2/c23-17(21-15-4-1-2-5-15)14-10-13-11-22(9-6-16(13)24-12-14)18-19-7-3-8-20-18/h3,7-8,13-16H,1-2,4-6,9-12H2,(H,21,23)/t13-,14-,16+/m1/s1. The molecular weight excluding hydrogens is 304 g/mol. The summed E-state index contributed by atoms with van der Waals surface area (Å²) in [6.45, 7) is 2.37. The summed E-state index contributed by atoms with van der Waals surface area (Å²) >= 11 is 0. The lowest BCUT2D eigenvalue weighted by molar-refractivity contribution is -0.136. The number of nitrogens with one attached hydrogen (secondary N) is 1. The molecule has 3 atom stereocenters. The maximum atomic E-state index is 12.6. The Balaban J connectivity index is 1.36. The predicted octanol–water partition coefficient (Wildman–Crippen LogP) is 1.77. The summed E-state index contributed by atoms with van der Waals surface area (Å²) < 4.78 is 6.04. The zero-order valence-corrected chi connectivity index (χ0v) is 14.1. The lowest BCUT2D eigenvalue weighted by Gasteiger charge is -2.43. The van der Waals surface area contributed by atoms with Gasteiger partial charge in [0.05, 0.1) is 18.6 Å². The van der Waals surface area contributed by atoms with Gasteiger partial charge in [0.1, 0.15) is 0 Å². The molecule has 1 amide bonds. The van der Waals surface area contributed by atoms with Gasteiger partial charge in [-0.05, 0) is 31.7 Å². The molecule has 2 saturated heterocycles. The van der Waals surface area contributed by atoms with Crippen molar-refractivity contribution in [3.05, 3.63) is 18.5 Å². The Labute approximate surface area is 143 Å². The second-order valence-electron chi connectivity index (χ2n) is 7.34. The number of fused-ring (bicyclic) bond motifs is 1. The lowest BCUT2D eigenvalue weighted by Crippen LogP contribution is -2.51. The van der Waals surface area contributed by atoms with Gasteiger partial charge in [0.15, 0.2) is 0 Å². The normalized spacial score (nSPS) is 30.8. The quantitative estimate of drug-likeness (QED) is 0.915. The minimum Gasteiger partial charge on any atom is -0.377 e. The molecule has 6 heteroatoms. The maximum Gasteiger partial charge on any atom is 0.225 e. The molecule has 0 bridgehead atoms. The number of amides is 1. The zero-order chi connectivity index (χ0) is 16.4. The molecule has 0 spiro atoms. The second kappa shape index (κ2) is 7.05. The van der Waals surface area contributed by atoms with E-state index in [1.54, 1.807) is 12.4 Å². The van der Waals surface area contributed by atoms with E-state index in [0.29, 0.717) is 18.6 Å². The Morgan fingerprint density at radius 3 is 2.79 bits per heavy atom. The number of carbonyl (C=O) groups is 1. The highest BCUT2D eigenvalue weighted by Crippen LogP contribution is 2.32. The van der Waals surface area contributed by atoms with Crippen molar-refractivity contribution in [2.75, 3.05) is 24.6 Å². The highest BCUT2D eigenvalue weighted by molar-refractivity contribution is 5.79. The number of hydrogen-bond acceptors (Lipinski definition) is 5. The Kier molecular flexibility index (Phi) is 4.65. The minimum atomic E-state index is -0.0107. The molecule has 3 aliphatic rings. The van der Waals surface area contributed by atoms with Crippen molar-refractivity contribution >= 4 is 11.9 Å². The first kappa shape index (κ1) is 15.8. The molecule has 3 fully saturated rings. The van der Waals surface area contributed by atoms with E-state index < -0.39 is 0 Å². The fourth-order valence-corrected chi connectivity index (χ4v) is 4.34. The van der Waals surface area contributed by atoms with Gasteiger partial charge in [-0.25, -0.2) is 9.97 Å². The van der Waals surface area contributed by atoms with Crippen LogP contribution in [0.5, 0.6) is 0 Å². The third kappa shape index (κ3) is 3.38. The molecule has 130 valence electrons. The van der Waals surface area contributed by atoms with Crippen LogP contribution in [-0.4, -0.2) is 47.7 Å². The highest BCUT2D eigenvalue weighted by atomic mass is 16.5. The molecule has 6 nitrogen and oxygen atoms in total. The van der Waals surface area contributed by atoms with Gasteiger partial charge in [0.2, 0.25) is 11.9 Å². The number of carbonyl (C=O) groups excluding carboxylic acids is 1. The zero-order valence-electron chi connectivity index (χ0n) is 14.1. The van der Waals surface area contributed by atoms with Gasteiger partial charge in [-0.15, -0.1) is 0 Å². The molecule has 24 heavy (non-hydrogen) atoms. The molecule has 2 aliphatic heterocycles. The second-order valence-corrected chi connectivity index (χ2v) is 7.34. The van der Waals surface area contributed by atoms with E-state index in [-0.39, 0.29) is 17.9 Å². The van der Waals surface area contributed by atoms with E-state index >= 15 is 0 Å². The molecule has 4 rings (SSSR count). The van der Waals surface area contributed by atoms with Crippen LogP contribution in [-0.2, 0) is 9.53 Å². The largest absolute Gasteiger partial charge is 0.377 e. The van der Waals surface area contributed by atoms with E-state index in [4.69, 9.17) is 4.74 Å². The first-order valence-corrected chi connectivity index (χ1v) is 9.23. The van der Waals surface area contributed by atoms with Gasteiger partial charge in [-0.1, -0.05) is 12.8 Å². The van der Waals surface area contributed by atoms with Crippen LogP contribution >= 0.6 is 0 Å². The van der Waals surface area contributed by atoms with Crippen LogP contribution < -0.4 is 10.2 Å². The van der Waals surface area contributed by atoms with E-state index in [1.807, 2.05) is 6.07 Å². The van der Waals surface area contributed by atoms with Crippen molar-refractivity contribution < 1.29 is 9.53 Å². The molecule has 0 unspecified atom stereocenters. The summed E-state index contributed by atoms with van der Waals surface area (Å²) in [5.41, 5.74) is 0. The summed E-state index contributed by atoms with van der Waals surface area (Å²) in [4.78, 5) is 23.5. The SMILES string of the molecule is O=C(NC1CCCC1)[C@H]1CO[C@H]2CCN(c3ncccn3)C[C@H]2C1. The van der Waals surface area contributed by atoms with Gasteiger partial charge in [0.25, 0.3) is 0 Å². The summed E-state index contributed by atoms with van der Waals surface area (Å²) in [5, 5.41) is 3.23. The van der Waals surface area contributed by atoms with Gasteiger partial charge in [0, 0.05) is 37.4 Å². The van der Waals surface area contributed by atoms with Crippen LogP contribution in [0.25, 0.3) is 0 Å². The van der Waals surface area contributed by atoms with Crippen LogP contribution in [0.3, 0.4) is 0 Å². The van der Waals surface area contributed by atoms with E-state index in [0.717, 1.165) is 44.7 Å². The summed E-state index contributed by atoms with van der Waals surface area (Å²) in [7, 11) is 0. The summed E-state index contributed by atoms with van der Waals surface area (Å²) in [6.07, 6.45) is 10.5.